The van der Waals surface area contributed by atoms with Gasteiger partial charge in [-0.05, 0) is 111 Å². The maximum atomic E-state index is 2.47. The Morgan fingerprint density at radius 3 is 1.70 bits per heavy atom. The molecular formula is C53H38N2S. The molecule has 0 unspecified atom stereocenters. The average molecular weight is 735 g/mol. The van der Waals surface area contributed by atoms with Crippen LogP contribution in [-0.4, -0.2) is 0 Å². The lowest BCUT2D eigenvalue weighted by Gasteiger charge is -2.30. The lowest BCUT2D eigenvalue weighted by molar-refractivity contribution is 0.661. The van der Waals surface area contributed by atoms with Crippen LogP contribution in [0.2, 0.25) is 0 Å². The van der Waals surface area contributed by atoms with Gasteiger partial charge in [-0.25, -0.2) is 0 Å². The fourth-order valence-corrected chi connectivity index (χ4v) is 10.4. The number of para-hydroxylation sites is 2. The summed E-state index contributed by atoms with van der Waals surface area (Å²) in [5, 5.41) is 7.59. The number of fused-ring (bicyclic) bond motifs is 9. The standard InChI is InChI=1S/C53H38N2S/c1-53(2)47-28-13-11-24-41(47)46-31-35-32-50(42-25-10-9-23-40(42)45(35)34-48(46)53)55(37-19-7-4-8-20-37)39-22-15-21-38(33-39)54(36-17-5-3-6-18-36)49-29-16-27-44-43-26-12-14-30-51(43)56-52(44)49/h3-34H,1-2H3. The van der Waals surface area contributed by atoms with Gasteiger partial charge >= 0.3 is 0 Å². The summed E-state index contributed by atoms with van der Waals surface area (Å²) < 4.78 is 2.58. The second-order valence-corrected chi connectivity index (χ2v) is 16.4. The molecule has 11 rings (SSSR count). The highest BCUT2D eigenvalue weighted by Crippen LogP contribution is 2.52. The van der Waals surface area contributed by atoms with Crippen molar-refractivity contribution in [2.45, 2.75) is 19.3 Å². The summed E-state index contributed by atoms with van der Waals surface area (Å²) in [4.78, 5) is 4.87. The van der Waals surface area contributed by atoms with Gasteiger partial charge < -0.3 is 9.80 Å². The molecule has 0 N–H and O–H groups in total. The molecule has 10 aromatic rings. The minimum atomic E-state index is -0.0683. The Hall–Kier alpha value is -6.68. The van der Waals surface area contributed by atoms with Crippen molar-refractivity contribution in [1.29, 1.82) is 0 Å². The third-order valence-electron chi connectivity index (χ3n) is 11.8. The number of rotatable bonds is 6. The molecule has 0 amide bonds. The van der Waals surface area contributed by atoms with E-state index >= 15 is 0 Å². The molecule has 0 aliphatic heterocycles. The summed E-state index contributed by atoms with van der Waals surface area (Å²) >= 11 is 1.86. The van der Waals surface area contributed by atoms with Gasteiger partial charge in [-0.2, -0.15) is 0 Å². The van der Waals surface area contributed by atoms with Crippen molar-refractivity contribution < 1.29 is 0 Å². The number of nitrogens with zero attached hydrogens (tertiary/aromatic N) is 2. The van der Waals surface area contributed by atoms with Crippen LogP contribution in [0.4, 0.5) is 34.1 Å². The highest BCUT2D eigenvalue weighted by molar-refractivity contribution is 7.26. The van der Waals surface area contributed by atoms with E-state index in [1.165, 1.54) is 69.7 Å². The van der Waals surface area contributed by atoms with Crippen molar-refractivity contribution in [3.05, 3.63) is 205 Å². The zero-order valence-corrected chi connectivity index (χ0v) is 32.1. The quantitative estimate of drug-likeness (QED) is 0.157. The first-order chi connectivity index (χ1) is 27.5. The summed E-state index contributed by atoms with van der Waals surface area (Å²) in [6.45, 7) is 4.73. The number of hydrogen-bond acceptors (Lipinski definition) is 3. The van der Waals surface area contributed by atoms with Gasteiger partial charge in [0.05, 0.1) is 16.1 Å². The van der Waals surface area contributed by atoms with Crippen LogP contribution in [0.15, 0.2) is 194 Å². The molecule has 1 aliphatic carbocycles. The zero-order valence-electron chi connectivity index (χ0n) is 31.3. The van der Waals surface area contributed by atoms with E-state index in [1.54, 1.807) is 0 Å². The molecule has 2 nitrogen and oxygen atoms in total. The molecule has 0 spiro atoms. The first-order valence-corrected chi connectivity index (χ1v) is 20.2. The summed E-state index contributed by atoms with van der Waals surface area (Å²) in [6, 6.07) is 71.3. The first-order valence-electron chi connectivity index (χ1n) is 19.4. The average Bonchev–Trinajstić information content (AvgIpc) is 3.74. The van der Waals surface area contributed by atoms with E-state index in [-0.39, 0.29) is 5.41 Å². The predicted octanol–water partition coefficient (Wildman–Crippen LogP) is 15.6. The van der Waals surface area contributed by atoms with Crippen molar-refractivity contribution in [3.8, 4) is 11.1 Å². The van der Waals surface area contributed by atoms with E-state index < -0.39 is 0 Å². The summed E-state index contributed by atoms with van der Waals surface area (Å²) in [6.07, 6.45) is 0. The normalized spacial score (nSPS) is 13.0. The highest BCUT2D eigenvalue weighted by atomic mass is 32.1. The monoisotopic (exact) mass is 734 g/mol. The molecule has 0 atom stereocenters. The number of hydrogen-bond donors (Lipinski definition) is 0. The molecule has 1 heterocycles. The van der Waals surface area contributed by atoms with Crippen LogP contribution in [0, 0.1) is 0 Å². The molecule has 0 saturated heterocycles. The maximum absolute atomic E-state index is 2.47. The third-order valence-corrected chi connectivity index (χ3v) is 13.0. The number of thiophene rings is 1. The fourth-order valence-electron chi connectivity index (χ4n) is 9.16. The van der Waals surface area contributed by atoms with Gasteiger partial charge in [0.25, 0.3) is 0 Å². The first kappa shape index (κ1) is 32.7. The Morgan fingerprint density at radius 2 is 0.946 bits per heavy atom. The van der Waals surface area contributed by atoms with Gasteiger partial charge in [-0.1, -0.05) is 135 Å². The van der Waals surface area contributed by atoms with Gasteiger partial charge in [0.2, 0.25) is 0 Å². The smallest absolute Gasteiger partial charge is 0.0640 e. The van der Waals surface area contributed by atoms with Gasteiger partial charge in [-0.3, -0.25) is 0 Å². The van der Waals surface area contributed by atoms with Gasteiger partial charge in [0.15, 0.2) is 0 Å². The Kier molecular flexibility index (Phi) is 7.42. The van der Waals surface area contributed by atoms with Crippen molar-refractivity contribution in [2.24, 2.45) is 0 Å². The summed E-state index contributed by atoms with van der Waals surface area (Å²) in [5.74, 6) is 0. The van der Waals surface area contributed by atoms with Crippen molar-refractivity contribution >= 4 is 87.2 Å². The molecule has 0 fully saturated rings. The van der Waals surface area contributed by atoms with E-state index in [0.29, 0.717) is 0 Å². The minimum Gasteiger partial charge on any atom is -0.310 e. The summed E-state index contributed by atoms with van der Waals surface area (Å²) in [7, 11) is 0. The maximum Gasteiger partial charge on any atom is 0.0640 e. The SMILES string of the molecule is CC1(C)c2ccccc2-c2cc3cc(N(c4ccccc4)c4cccc(N(c5ccccc5)c5cccc6c5sc5ccccc56)c4)c4ccccc4c3cc21. The Morgan fingerprint density at radius 1 is 0.375 bits per heavy atom. The molecule has 1 aromatic heterocycles. The Labute approximate surface area is 331 Å². The largest absolute Gasteiger partial charge is 0.310 e. The molecule has 56 heavy (non-hydrogen) atoms. The molecule has 9 aromatic carbocycles. The van der Waals surface area contributed by atoms with E-state index in [0.717, 1.165) is 28.4 Å². The van der Waals surface area contributed by atoms with Crippen LogP contribution in [-0.2, 0) is 5.41 Å². The fraction of sp³-hybridized carbons (Fsp3) is 0.0566. The number of anilines is 6. The Balaban J connectivity index is 1.15. The highest BCUT2D eigenvalue weighted by Gasteiger charge is 2.35. The lowest BCUT2D eigenvalue weighted by atomic mass is 9.81. The van der Waals surface area contributed by atoms with Crippen LogP contribution in [0.5, 0.6) is 0 Å². The van der Waals surface area contributed by atoms with Crippen LogP contribution >= 0.6 is 11.3 Å². The molecule has 0 saturated carbocycles. The van der Waals surface area contributed by atoms with Crippen LogP contribution in [0.3, 0.4) is 0 Å². The second-order valence-electron chi connectivity index (χ2n) is 15.3. The van der Waals surface area contributed by atoms with Crippen molar-refractivity contribution in [3.63, 3.8) is 0 Å². The lowest BCUT2D eigenvalue weighted by Crippen LogP contribution is -2.15. The molecule has 1 aliphatic rings. The van der Waals surface area contributed by atoms with Gasteiger partial charge in [0.1, 0.15) is 0 Å². The van der Waals surface area contributed by atoms with Gasteiger partial charge in [0, 0.05) is 49.0 Å². The van der Waals surface area contributed by atoms with Crippen LogP contribution in [0.1, 0.15) is 25.0 Å². The van der Waals surface area contributed by atoms with Crippen LogP contribution in [0.25, 0.3) is 52.8 Å². The topological polar surface area (TPSA) is 6.48 Å². The van der Waals surface area contributed by atoms with Crippen molar-refractivity contribution in [1.82, 2.24) is 0 Å². The predicted molar refractivity (Wildman–Crippen MR) is 241 cm³/mol. The van der Waals surface area contributed by atoms with Crippen molar-refractivity contribution in [2.75, 3.05) is 9.80 Å². The molecule has 266 valence electrons. The molecular weight excluding hydrogens is 697 g/mol. The Bertz CT molecular complexity index is 3120. The van der Waals surface area contributed by atoms with E-state index in [4.69, 9.17) is 0 Å². The molecule has 0 bridgehead atoms. The second kappa shape index (κ2) is 12.7. The molecule has 3 heteroatoms. The third kappa shape index (κ3) is 5.01. The number of benzene rings is 9. The van der Waals surface area contributed by atoms with E-state index in [1.807, 2.05) is 11.3 Å². The van der Waals surface area contributed by atoms with Gasteiger partial charge in [-0.15, -0.1) is 11.3 Å². The zero-order chi connectivity index (χ0) is 37.4. The van der Waals surface area contributed by atoms with Crippen LogP contribution < -0.4 is 9.80 Å². The summed E-state index contributed by atoms with van der Waals surface area (Å²) in [5.41, 5.74) is 12.1. The van der Waals surface area contributed by atoms with E-state index in [9.17, 15) is 0 Å². The minimum absolute atomic E-state index is 0.0683. The molecule has 0 radical (unpaired) electrons. The van der Waals surface area contributed by atoms with E-state index in [2.05, 4.69) is 218 Å².